The van der Waals surface area contributed by atoms with Crippen molar-refractivity contribution in [2.75, 3.05) is 9.80 Å². The molecule has 71 heavy (non-hydrogen) atoms. The van der Waals surface area contributed by atoms with Gasteiger partial charge in [-0.2, -0.15) is 0 Å². The number of benzene rings is 10. The van der Waals surface area contributed by atoms with Crippen molar-refractivity contribution in [3.63, 3.8) is 0 Å². The van der Waals surface area contributed by atoms with E-state index >= 15 is 0 Å². The van der Waals surface area contributed by atoms with Crippen LogP contribution in [0.25, 0.3) is 87.4 Å². The fourth-order valence-corrected chi connectivity index (χ4v) is 11.3. The zero-order valence-electron chi connectivity index (χ0n) is 41.4. The van der Waals surface area contributed by atoms with Crippen LogP contribution in [-0.4, -0.2) is 0 Å². The second-order valence-electron chi connectivity index (χ2n) is 21.5. The minimum Gasteiger partial charge on any atom is -0.456 e. The molecule has 3 aromatic heterocycles. The molecule has 0 fully saturated rings. The largest absolute Gasteiger partial charge is 0.456 e. The lowest BCUT2D eigenvalue weighted by molar-refractivity contribution is 0.572. The SMILES string of the molecule is Cc1cccc(N(c2cc3oc4cc(N(c5cccc(C)c5)c5cccc6c5oc5c(C(C)(C)C)cccc56)c5ccccc5c4c3c3ccccc23)c2cccc3c2oc2c(C(C)(C)C)cccc23)c1. The van der Waals surface area contributed by atoms with E-state index in [9.17, 15) is 0 Å². The highest BCUT2D eigenvalue weighted by molar-refractivity contribution is 6.30. The number of anilines is 6. The number of furan rings is 3. The summed E-state index contributed by atoms with van der Waals surface area (Å²) in [6, 6.07) is 65.7. The van der Waals surface area contributed by atoms with E-state index in [0.29, 0.717) is 0 Å². The molecule has 10 aromatic carbocycles. The summed E-state index contributed by atoms with van der Waals surface area (Å²) < 4.78 is 21.5. The number of hydrogen-bond donors (Lipinski definition) is 0. The van der Waals surface area contributed by atoms with Gasteiger partial charge in [0.15, 0.2) is 11.2 Å². The van der Waals surface area contributed by atoms with E-state index in [1.807, 2.05) is 0 Å². The van der Waals surface area contributed by atoms with Crippen LogP contribution in [0, 0.1) is 13.8 Å². The number of nitrogens with zero attached hydrogens (tertiary/aromatic N) is 2. The molecule has 0 aliphatic heterocycles. The molecule has 346 valence electrons. The van der Waals surface area contributed by atoms with E-state index < -0.39 is 0 Å². The Morgan fingerprint density at radius 2 is 0.662 bits per heavy atom. The smallest absolute Gasteiger partial charge is 0.159 e. The fraction of sp³-hybridized carbons (Fsp3) is 0.152. The van der Waals surface area contributed by atoms with Crippen LogP contribution in [0.1, 0.15) is 63.8 Å². The lowest BCUT2D eigenvalue weighted by Crippen LogP contribution is -2.11. The minimum absolute atomic E-state index is 0.107. The maximum Gasteiger partial charge on any atom is 0.159 e. The first-order valence-corrected chi connectivity index (χ1v) is 24.7. The Morgan fingerprint density at radius 1 is 0.310 bits per heavy atom. The maximum atomic E-state index is 7.32. The second-order valence-corrected chi connectivity index (χ2v) is 21.5. The van der Waals surface area contributed by atoms with E-state index in [1.165, 1.54) is 22.3 Å². The maximum absolute atomic E-state index is 7.32. The third-order valence-corrected chi connectivity index (χ3v) is 14.5. The van der Waals surface area contributed by atoms with Gasteiger partial charge in [-0.25, -0.2) is 0 Å². The molecule has 3 heterocycles. The topological polar surface area (TPSA) is 45.9 Å². The van der Waals surface area contributed by atoms with Crippen LogP contribution < -0.4 is 9.80 Å². The van der Waals surface area contributed by atoms with Crippen molar-refractivity contribution in [3.8, 4) is 0 Å². The van der Waals surface area contributed by atoms with Crippen molar-refractivity contribution < 1.29 is 13.3 Å². The van der Waals surface area contributed by atoms with Gasteiger partial charge in [0.2, 0.25) is 0 Å². The van der Waals surface area contributed by atoms with E-state index in [-0.39, 0.29) is 10.8 Å². The van der Waals surface area contributed by atoms with Gasteiger partial charge >= 0.3 is 0 Å². The standard InChI is InChI=1S/C66H54N2O3/c1-39-19-13-21-41(35-39)67(53-33-17-29-49-47-27-15-31-51(65(3,4)5)61(47)70-63(49)53)55-37-57-59(45-25-11-9-23-43(45)55)60-46-26-12-10-24-44(46)56(38-58(60)69-57)68(42-22-14-20-40(2)36-42)54-34-18-30-50-48-28-16-32-52(66(6,7)8)62(48)71-64(50)54/h9-38H,1-8H3. The number of para-hydroxylation sites is 4. The first-order chi connectivity index (χ1) is 34.3. The summed E-state index contributed by atoms with van der Waals surface area (Å²) in [4.78, 5) is 4.73. The van der Waals surface area contributed by atoms with Gasteiger partial charge in [0, 0.05) is 77.7 Å². The highest BCUT2D eigenvalue weighted by Gasteiger charge is 2.29. The third kappa shape index (κ3) is 6.67. The molecule has 0 amide bonds. The fourth-order valence-electron chi connectivity index (χ4n) is 11.3. The van der Waals surface area contributed by atoms with Gasteiger partial charge in [0.05, 0.1) is 22.7 Å². The number of fused-ring (bicyclic) bond motifs is 13. The van der Waals surface area contributed by atoms with Crippen LogP contribution in [0.5, 0.6) is 0 Å². The first kappa shape index (κ1) is 42.8. The first-order valence-electron chi connectivity index (χ1n) is 24.7. The molecule has 5 heteroatoms. The van der Waals surface area contributed by atoms with Gasteiger partial charge in [0.1, 0.15) is 22.3 Å². The molecule has 0 atom stereocenters. The second kappa shape index (κ2) is 15.6. The van der Waals surface area contributed by atoms with Gasteiger partial charge in [0.25, 0.3) is 0 Å². The third-order valence-electron chi connectivity index (χ3n) is 14.5. The van der Waals surface area contributed by atoms with Gasteiger partial charge in [-0.1, -0.05) is 175 Å². The molecule has 13 rings (SSSR count). The average molecular weight is 923 g/mol. The molecule has 5 nitrogen and oxygen atoms in total. The molecule has 13 aromatic rings. The Morgan fingerprint density at radius 3 is 1.06 bits per heavy atom. The summed E-state index contributed by atoms with van der Waals surface area (Å²) in [6.45, 7) is 17.8. The number of hydrogen-bond acceptors (Lipinski definition) is 5. The molecule has 0 radical (unpaired) electrons. The van der Waals surface area contributed by atoms with Gasteiger partial charge < -0.3 is 23.1 Å². The van der Waals surface area contributed by atoms with Crippen LogP contribution in [0.4, 0.5) is 34.1 Å². The van der Waals surface area contributed by atoms with Crippen molar-refractivity contribution in [1.82, 2.24) is 0 Å². The van der Waals surface area contributed by atoms with Gasteiger partial charge in [-0.05, 0) is 83.0 Å². The lowest BCUT2D eigenvalue weighted by Gasteiger charge is -2.27. The number of aryl methyl sites for hydroxylation is 2. The zero-order chi connectivity index (χ0) is 48.5. The van der Waals surface area contributed by atoms with Crippen LogP contribution in [0.3, 0.4) is 0 Å². The highest BCUT2D eigenvalue weighted by atomic mass is 16.3. The predicted molar refractivity (Wildman–Crippen MR) is 300 cm³/mol. The molecule has 0 saturated carbocycles. The summed E-state index contributed by atoms with van der Waals surface area (Å²) >= 11 is 0. The molecular formula is C66H54N2O3. The normalized spacial score (nSPS) is 12.5. The number of rotatable bonds is 6. The minimum atomic E-state index is -0.107. The summed E-state index contributed by atoms with van der Waals surface area (Å²) in [6.07, 6.45) is 0. The molecule has 0 saturated heterocycles. The summed E-state index contributed by atoms with van der Waals surface area (Å²) in [5.41, 5.74) is 15.6. The molecule has 0 bridgehead atoms. The van der Waals surface area contributed by atoms with E-state index in [0.717, 1.165) is 121 Å². The molecule has 0 N–H and O–H groups in total. The van der Waals surface area contributed by atoms with Crippen LogP contribution in [-0.2, 0) is 10.8 Å². The van der Waals surface area contributed by atoms with Crippen molar-refractivity contribution in [2.45, 2.75) is 66.2 Å². The van der Waals surface area contributed by atoms with Crippen molar-refractivity contribution >= 4 is 121 Å². The van der Waals surface area contributed by atoms with Crippen LogP contribution in [0.15, 0.2) is 195 Å². The van der Waals surface area contributed by atoms with E-state index in [1.54, 1.807) is 0 Å². The van der Waals surface area contributed by atoms with Gasteiger partial charge in [-0.3, -0.25) is 0 Å². The molecule has 0 unspecified atom stereocenters. The Labute approximate surface area is 413 Å². The lowest BCUT2D eigenvalue weighted by atomic mass is 9.86. The summed E-state index contributed by atoms with van der Waals surface area (Å²) in [7, 11) is 0. The van der Waals surface area contributed by atoms with Crippen molar-refractivity contribution in [2.24, 2.45) is 0 Å². The summed E-state index contributed by atoms with van der Waals surface area (Å²) in [5, 5.41) is 11.0. The van der Waals surface area contributed by atoms with Crippen LogP contribution in [0.2, 0.25) is 0 Å². The Balaban J connectivity index is 1.10. The molecule has 0 aliphatic carbocycles. The zero-order valence-corrected chi connectivity index (χ0v) is 41.4. The van der Waals surface area contributed by atoms with Gasteiger partial charge in [-0.15, -0.1) is 0 Å². The molecule has 0 spiro atoms. The van der Waals surface area contributed by atoms with E-state index in [4.69, 9.17) is 13.3 Å². The highest BCUT2D eigenvalue weighted by Crippen LogP contribution is 2.52. The molecule has 0 aliphatic rings. The Bertz CT molecular complexity index is 4030. The monoisotopic (exact) mass is 922 g/mol. The molecular weight excluding hydrogens is 869 g/mol. The van der Waals surface area contributed by atoms with E-state index in [2.05, 4.69) is 247 Å². The van der Waals surface area contributed by atoms with Crippen LogP contribution >= 0.6 is 0 Å². The van der Waals surface area contributed by atoms with Crippen molar-refractivity contribution in [3.05, 3.63) is 204 Å². The average Bonchev–Trinajstić information content (AvgIpc) is 4.06. The Hall–Kier alpha value is -8.28. The predicted octanol–water partition coefficient (Wildman–Crippen LogP) is 19.8. The van der Waals surface area contributed by atoms with Crippen molar-refractivity contribution in [1.29, 1.82) is 0 Å². The Kier molecular flexibility index (Phi) is 9.41. The quantitative estimate of drug-likeness (QED) is 0.166. The summed E-state index contributed by atoms with van der Waals surface area (Å²) in [5.74, 6) is 0.